The van der Waals surface area contributed by atoms with Crippen molar-refractivity contribution in [2.24, 2.45) is 0 Å². The van der Waals surface area contributed by atoms with Gasteiger partial charge in [-0.25, -0.2) is 4.68 Å². The number of carbonyl (C=O) groups is 1. The first kappa shape index (κ1) is 11.9. The number of benzene rings is 1. The SMILES string of the molecule is CCc1cc(-c2ccc(Cl)cc2)n(C(C)=O)n1. The molecule has 1 aromatic heterocycles. The van der Waals surface area contributed by atoms with Crippen LogP contribution < -0.4 is 0 Å². The molecule has 0 aliphatic rings. The first-order valence-corrected chi connectivity index (χ1v) is 5.85. The molecule has 2 aromatic rings. The average molecular weight is 249 g/mol. The van der Waals surface area contributed by atoms with Gasteiger partial charge in [0.25, 0.3) is 0 Å². The zero-order chi connectivity index (χ0) is 12.4. The van der Waals surface area contributed by atoms with E-state index in [1.54, 1.807) is 12.1 Å². The third kappa shape index (κ3) is 2.39. The van der Waals surface area contributed by atoms with E-state index < -0.39 is 0 Å². The first-order valence-electron chi connectivity index (χ1n) is 5.47. The van der Waals surface area contributed by atoms with Crippen LogP contribution in [0.1, 0.15) is 24.3 Å². The Labute approximate surface area is 105 Å². The predicted octanol–water partition coefficient (Wildman–Crippen LogP) is 3.43. The van der Waals surface area contributed by atoms with Crippen molar-refractivity contribution >= 4 is 17.5 Å². The summed E-state index contributed by atoms with van der Waals surface area (Å²) in [7, 11) is 0. The number of hydrogen-bond donors (Lipinski definition) is 0. The smallest absolute Gasteiger partial charge is 0.244 e. The normalized spacial score (nSPS) is 10.5. The summed E-state index contributed by atoms with van der Waals surface area (Å²) in [5, 5.41) is 4.94. The Morgan fingerprint density at radius 2 is 2.00 bits per heavy atom. The number of rotatable bonds is 2. The number of carbonyl (C=O) groups excluding carboxylic acids is 1. The highest BCUT2D eigenvalue weighted by molar-refractivity contribution is 6.30. The fourth-order valence-corrected chi connectivity index (χ4v) is 1.80. The van der Waals surface area contributed by atoms with Gasteiger partial charge in [-0.1, -0.05) is 30.7 Å². The molecular formula is C13H13ClN2O. The number of hydrogen-bond acceptors (Lipinski definition) is 2. The largest absolute Gasteiger partial charge is 0.273 e. The maximum atomic E-state index is 11.5. The summed E-state index contributed by atoms with van der Waals surface area (Å²) in [6.07, 6.45) is 0.806. The van der Waals surface area contributed by atoms with E-state index in [0.717, 1.165) is 23.4 Å². The monoisotopic (exact) mass is 248 g/mol. The van der Waals surface area contributed by atoms with E-state index in [4.69, 9.17) is 11.6 Å². The molecule has 1 heterocycles. The lowest BCUT2D eigenvalue weighted by atomic mass is 10.1. The van der Waals surface area contributed by atoms with Gasteiger partial charge < -0.3 is 0 Å². The topological polar surface area (TPSA) is 34.9 Å². The zero-order valence-electron chi connectivity index (χ0n) is 9.77. The Bertz CT molecular complexity index is 543. The summed E-state index contributed by atoms with van der Waals surface area (Å²) in [5.74, 6) is -0.0883. The maximum Gasteiger partial charge on any atom is 0.244 e. The van der Waals surface area contributed by atoms with E-state index in [1.165, 1.54) is 11.6 Å². The molecule has 2 rings (SSSR count). The summed E-state index contributed by atoms with van der Waals surface area (Å²) in [5.41, 5.74) is 2.66. The molecular weight excluding hydrogens is 236 g/mol. The standard InChI is InChI=1S/C13H13ClN2O/c1-3-12-8-13(16(15-12)9(2)17)10-4-6-11(14)7-5-10/h4-8H,3H2,1-2H3. The molecule has 0 unspecified atom stereocenters. The fraction of sp³-hybridized carbons (Fsp3) is 0.231. The van der Waals surface area contributed by atoms with E-state index in [0.29, 0.717) is 5.02 Å². The average Bonchev–Trinajstić information content (AvgIpc) is 2.74. The molecule has 0 fully saturated rings. The van der Waals surface area contributed by atoms with Crippen molar-refractivity contribution in [3.8, 4) is 11.3 Å². The second kappa shape index (κ2) is 4.72. The van der Waals surface area contributed by atoms with Gasteiger partial charge in [-0.05, 0) is 24.6 Å². The van der Waals surface area contributed by atoms with E-state index in [9.17, 15) is 4.79 Å². The van der Waals surface area contributed by atoms with Gasteiger partial charge in [0.1, 0.15) is 0 Å². The van der Waals surface area contributed by atoms with E-state index in [2.05, 4.69) is 5.10 Å². The van der Waals surface area contributed by atoms with Crippen LogP contribution >= 0.6 is 11.6 Å². The number of aromatic nitrogens is 2. The molecule has 17 heavy (non-hydrogen) atoms. The van der Waals surface area contributed by atoms with Crippen molar-refractivity contribution in [1.82, 2.24) is 9.78 Å². The van der Waals surface area contributed by atoms with Gasteiger partial charge in [0.05, 0.1) is 11.4 Å². The highest BCUT2D eigenvalue weighted by Gasteiger charge is 2.11. The summed E-state index contributed by atoms with van der Waals surface area (Å²) in [6, 6.07) is 9.32. The second-order valence-electron chi connectivity index (χ2n) is 3.81. The minimum atomic E-state index is -0.0883. The van der Waals surface area contributed by atoms with Gasteiger partial charge in [0.2, 0.25) is 5.91 Å². The molecule has 88 valence electrons. The Morgan fingerprint density at radius 3 is 2.53 bits per heavy atom. The van der Waals surface area contributed by atoms with Crippen LogP contribution in [0.4, 0.5) is 0 Å². The Hall–Kier alpha value is -1.61. The van der Waals surface area contributed by atoms with Crippen LogP contribution in [-0.2, 0) is 6.42 Å². The molecule has 0 spiro atoms. The number of aryl methyl sites for hydroxylation is 1. The van der Waals surface area contributed by atoms with Gasteiger partial charge in [-0.3, -0.25) is 4.79 Å². The molecule has 0 amide bonds. The van der Waals surface area contributed by atoms with E-state index in [-0.39, 0.29) is 5.91 Å². The third-order valence-electron chi connectivity index (χ3n) is 2.56. The van der Waals surface area contributed by atoms with E-state index in [1.807, 2.05) is 25.1 Å². The molecule has 0 N–H and O–H groups in total. The van der Waals surface area contributed by atoms with Gasteiger partial charge in [-0.15, -0.1) is 0 Å². The molecule has 0 radical (unpaired) electrons. The molecule has 0 saturated heterocycles. The van der Waals surface area contributed by atoms with Crippen LogP contribution in [0.15, 0.2) is 30.3 Å². The van der Waals surface area contributed by atoms with Crippen LogP contribution in [0.3, 0.4) is 0 Å². The number of nitrogens with zero attached hydrogens (tertiary/aromatic N) is 2. The lowest BCUT2D eigenvalue weighted by Crippen LogP contribution is -2.09. The van der Waals surface area contributed by atoms with Crippen molar-refractivity contribution in [3.63, 3.8) is 0 Å². The molecule has 0 aliphatic heterocycles. The predicted molar refractivity (Wildman–Crippen MR) is 68.4 cm³/mol. The Kier molecular flexibility index (Phi) is 3.29. The van der Waals surface area contributed by atoms with Crippen molar-refractivity contribution in [2.45, 2.75) is 20.3 Å². The summed E-state index contributed by atoms with van der Waals surface area (Å²) in [4.78, 5) is 11.5. The van der Waals surface area contributed by atoms with E-state index >= 15 is 0 Å². The molecule has 1 aromatic carbocycles. The lowest BCUT2D eigenvalue weighted by molar-refractivity contribution is 0.0923. The van der Waals surface area contributed by atoms with Crippen molar-refractivity contribution in [1.29, 1.82) is 0 Å². The second-order valence-corrected chi connectivity index (χ2v) is 4.25. The minimum Gasteiger partial charge on any atom is -0.273 e. The van der Waals surface area contributed by atoms with Crippen LogP contribution in [-0.4, -0.2) is 15.7 Å². The Balaban J connectivity index is 2.53. The van der Waals surface area contributed by atoms with Gasteiger partial charge in [0, 0.05) is 17.5 Å². The lowest BCUT2D eigenvalue weighted by Gasteiger charge is -2.03. The Morgan fingerprint density at radius 1 is 1.35 bits per heavy atom. The van der Waals surface area contributed by atoms with Crippen LogP contribution in [0.5, 0.6) is 0 Å². The van der Waals surface area contributed by atoms with Gasteiger partial charge in [-0.2, -0.15) is 5.10 Å². The molecule has 0 saturated carbocycles. The zero-order valence-corrected chi connectivity index (χ0v) is 10.5. The molecule has 0 atom stereocenters. The van der Waals surface area contributed by atoms with Crippen LogP contribution in [0, 0.1) is 0 Å². The highest BCUT2D eigenvalue weighted by atomic mass is 35.5. The van der Waals surface area contributed by atoms with Crippen molar-refractivity contribution < 1.29 is 4.79 Å². The molecule has 0 aliphatic carbocycles. The highest BCUT2D eigenvalue weighted by Crippen LogP contribution is 2.22. The molecule has 4 heteroatoms. The quantitative estimate of drug-likeness (QED) is 0.816. The maximum absolute atomic E-state index is 11.5. The van der Waals surface area contributed by atoms with Gasteiger partial charge >= 0.3 is 0 Å². The van der Waals surface area contributed by atoms with Crippen LogP contribution in [0.25, 0.3) is 11.3 Å². The number of halogens is 1. The summed E-state index contributed by atoms with van der Waals surface area (Å²) in [6.45, 7) is 3.52. The molecule has 3 nitrogen and oxygen atoms in total. The minimum absolute atomic E-state index is 0.0883. The third-order valence-corrected chi connectivity index (χ3v) is 2.81. The van der Waals surface area contributed by atoms with Crippen LogP contribution in [0.2, 0.25) is 5.02 Å². The summed E-state index contributed by atoms with van der Waals surface area (Å²) < 4.78 is 1.43. The fourth-order valence-electron chi connectivity index (χ4n) is 1.67. The van der Waals surface area contributed by atoms with Gasteiger partial charge in [0.15, 0.2) is 0 Å². The summed E-state index contributed by atoms with van der Waals surface area (Å²) >= 11 is 5.84. The van der Waals surface area contributed by atoms with Crippen molar-refractivity contribution in [3.05, 3.63) is 41.0 Å². The first-order chi connectivity index (χ1) is 8.11. The van der Waals surface area contributed by atoms with Crippen molar-refractivity contribution in [2.75, 3.05) is 0 Å². The molecule has 0 bridgehead atoms.